The van der Waals surface area contributed by atoms with Crippen molar-refractivity contribution in [3.63, 3.8) is 0 Å². The third-order valence-electron chi connectivity index (χ3n) is 2.42. The summed E-state index contributed by atoms with van der Waals surface area (Å²) < 4.78 is 22.4. The van der Waals surface area contributed by atoms with Crippen LogP contribution in [0.4, 0.5) is 5.69 Å². The Labute approximate surface area is 109 Å². The van der Waals surface area contributed by atoms with E-state index in [0.717, 1.165) is 17.9 Å². The van der Waals surface area contributed by atoms with E-state index in [1.807, 2.05) is 0 Å². The highest BCUT2D eigenvalue weighted by molar-refractivity contribution is 7.99. The van der Waals surface area contributed by atoms with Crippen LogP contribution in [0, 0.1) is 0 Å². The predicted molar refractivity (Wildman–Crippen MR) is 70.2 cm³/mol. The molecule has 0 aliphatic carbocycles. The summed E-state index contributed by atoms with van der Waals surface area (Å²) in [5, 5.41) is 5.73. The van der Waals surface area contributed by atoms with Crippen molar-refractivity contribution in [1.29, 1.82) is 0 Å². The molecule has 1 aliphatic rings. The topological polar surface area (TPSA) is 88.2 Å². The fourth-order valence-corrected chi connectivity index (χ4v) is 2.97. The van der Waals surface area contributed by atoms with Gasteiger partial charge in [-0.15, -0.1) is 11.8 Å². The molecule has 8 heteroatoms. The Morgan fingerprint density at radius 1 is 1.56 bits per heavy atom. The summed E-state index contributed by atoms with van der Waals surface area (Å²) in [6.07, 6.45) is 2.43. The summed E-state index contributed by atoms with van der Waals surface area (Å²) in [5.41, 5.74) is 0.492. The lowest BCUT2D eigenvalue weighted by Gasteiger charge is -2.10. The first-order chi connectivity index (χ1) is 8.47. The maximum absolute atomic E-state index is 11.8. The van der Waals surface area contributed by atoms with Gasteiger partial charge in [0.15, 0.2) is 14.9 Å². The minimum absolute atomic E-state index is 0.00459. The Morgan fingerprint density at radius 2 is 2.33 bits per heavy atom. The molecule has 2 heterocycles. The summed E-state index contributed by atoms with van der Waals surface area (Å²) in [6.45, 7) is 0. The van der Waals surface area contributed by atoms with Gasteiger partial charge in [0.05, 0.1) is 17.9 Å². The second-order valence-electron chi connectivity index (χ2n) is 3.92. The van der Waals surface area contributed by atoms with Crippen LogP contribution in [0.15, 0.2) is 23.4 Å². The van der Waals surface area contributed by atoms with Gasteiger partial charge < -0.3 is 5.32 Å². The van der Waals surface area contributed by atoms with E-state index in [0.29, 0.717) is 5.69 Å². The molecule has 6 nitrogen and oxygen atoms in total. The lowest BCUT2D eigenvalue weighted by Crippen LogP contribution is -2.37. The first-order valence-electron chi connectivity index (χ1n) is 5.25. The van der Waals surface area contributed by atoms with Crippen LogP contribution >= 0.6 is 11.8 Å². The quantitative estimate of drug-likeness (QED) is 0.819. The highest BCUT2D eigenvalue weighted by Crippen LogP contribution is 2.13. The molecule has 1 aromatic rings. The van der Waals surface area contributed by atoms with Gasteiger partial charge in [0, 0.05) is 17.9 Å². The van der Waals surface area contributed by atoms with Gasteiger partial charge in [0.2, 0.25) is 5.91 Å². The number of pyridine rings is 1. The average Bonchev–Trinajstić information content (AvgIpc) is 2.82. The highest BCUT2D eigenvalue weighted by Gasteiger charge is 2.22. The Bertz CT molecular complexity index is 536. The van der Waals surface area contributed by atoms with Gasteiger partial charge in [-0.3, -0.25) is 10.1 Å². The average molecular weight is 287 g/mol. The number of nitrogens with one attached hydrogen (secondary N) is 2. The van der Waals surface area contributed by atoms with Crippen molar-refractivity contribution in [3.8, 4) is 0 Å². The van der Waals surface area contributed by atoms with E-state index < -0.39 is 9.84 Å². The van der Waals surface area contributed by atoms with Crippen molar-refractivity contribution in [3.05, 3.63) is 18.3 Å². The molecule has 2 N–H and O–H groups in total. The number of hydrogen-bond acceptors (Lipinski definition) is 6. The lowest BCUT2D eigenvalue weighted by molar-refractivity contribution is -0.117. The summed E-state index contributed by atoms with van der Waals surface area (Å²) in [5.74, 6) is 1.37. The van der Waals surface area contributed by atoms with Crippen LogP contribution in [0.2, 0.25) is 0 Å². The maximum atomic E-state index is 11.8. The van der Waals surface area contributed by atoms with Crippen molar-refractivity contribution in [1.82, 2.24) is 10.3 Å². The Hall–Kier alpha value is -1.12. The molecule has 0 aromatic carbocycles. The molecule has 1 atom stereocenters. The fraction of sp³-hybridized carbons (Fsp3) is 0.400. The number of anilines is 1. The Morgan fingerprint density at radius 3 is 2.83 bits per heavy atom. The molecule has 0 radical (unpaired) electrons. The first-order valence-corrected chi connectivity index (χ1v) is 8.29. The first kappa shape index (κ1) is 13.3. The zero-order chi connectivity index (χ0) is 13.2. The van der Waals surface area contributed by atoms with Crippen LogP contribution in [-0.2, 0) is 14.6 Å². The van der Waals surface area contributed by atoms with Gasteiger partial charge in [-0.05, 0) is 12.1 Å². The molecule has 1 aromatic heterocycles. The van der Waals surface area contributed by atoms with E-state index in [9.17, 15) is 13.2 Å². The number of nitrogens with zero attached hydrogens (tertiary/aromatic N) is 1. The number of carbonyl (C=O) groups excluding carboxylic acids is 1. The Kier molecular flexibility index (Phi) is 3.88. The van der Waals surface area contributed by atoms with E-state index in [1.165, 1.54) is 18.3 Å². The van der Waals surface area contributed by atoms with Gasteiger partial charge in [0.1, 0.15) is 0 Å². The predicted octanol–water partition coefficient (Wildman–Crippen LogP) is 0.0861. The molecular weight excluding hydrogens is 274 g/mol. The van der Waals surface area contributed by atoms with Crippen molar-refractivity contribution in [2.45, 2.75) is 11.1 Å². The number of hydrogen-bond donors (Lipinski definition) is 2. The second kappa shape index (κ2) is 5.25. The number of sulfone groups is 1. The van der Waals surface area contributed by atoms with Crippen LogP contribution in [-0.4, -0.2) is 43.2 Å². The highest BCUT2D eigenvalue weighted by atomic mass is 32.2. The van der Waals surface area contributed by atoms with Crippen LogP contribution < -0.4 is 10.6 Å². The van der Waals surface area contributed by atoms with Crippen LogP contribution in [0.5, 0.6) is 0 Å². The molecule has 18 heavy (non-hydrogen) atoms. The molecule has 1 unspecified atom stereocenters. The monoisotopic (exact) mass is 287 g/mol. The van der Waals surface area contributed by atoms with Gasteiger partial charge in [-0.1, -0.05) is 0 Å². The second-order valence-corrected chi connectivity index (χ2v) is 6.91. The summed E-state index contributed by atoms with van der Waals surface area (Å²) in [4.78, 5) is 15.6. The van der Waals surface area contributed by atoms with Gasteiger partial charge >= 0.3 is 0 Å². The lowest BCUT2D eigenvalue weighted by atomic mass is 10.3. The summed E-state index contributed by atoms with van der Waals surface area (Å²) >= 11 is 1.66. The zero-order valence-corrected chi connectivity index (χ0v) is 11.3. The summed E-state index contributed by atoms with van der Waals surface area (Å²) in [6, 6.07) is 2.70. The minimum atomic E-state index is -3.30. The van der Waals surface area contributed by atoms with Gasteiger partial charge in [-0.2, -0.15) is 0 Å². The zero-order valence-electron chi connectivity index (χ0n) is 9.71. The van der Waals surface area contributed by atoms with Gasteiger partial charge in [0.25, 0.3) is 0 Å². The minimum Gasteiger partial charge on any atom is -0.323 e. The number of thioether (sulfide) groups is 1. The van der Waals surface area contributed by atoms with Crippen molar-refractivity contribution >= 4 is 33.2 Å². The van der Waals surface area contributed by atoms with Crippen LogP contribution in [0.3, 0.4) is 0 Å². The molecule has 0 bridgehead atoms. The molecule has 1 amide bonds. The third kappa shape index (κ3) is 3.21. The molecule has 98 valence electrons. The van der Waals surface area contributed by atoms with Crippen molar-refractivity contribution < 1.29 is 13.2 Å². The van der Waals surface area contributed by atoms with Crippen molar-refractivity contribution in [2.75, 3.05) is 23.2 Å². The largest absolute Gasteiger partial charge is 0.323 e. The normalized spacial score (nSPS) is 19.7. The molecular formula is C10H13N3O3S2. The van der Waals surface area contributed by atoms with E-state index in [-0.39, 0.29) is 17.0 Å². The van der Waals surface area contributed by atoms with Crippen molar-refractivity contribution in [2.24, 2.45) is 0 Å². The molecule has 2 rings (SSSR count). The number of rotatable bonds is 3. The maximum Gasteiger partial charge on any atom is 0.242 e. The molecule has 1 fully saturated rings. The number of carbonyl (C=O) groups is 1. The van der Waals surface area contributed by atoms with E-state index in [1.54, 1.807) is 11.8 Å². The van der Waals surface area contributed by atoms with Crippen LogP contribution in [0.1, 0.15) is 0 Å². The van der Waals surface area contributed by atoms with E-state index >= 15 is 0 Å². The third-order valence-corrected chi connectivity index (χ3v) is 4.36. The summed E-state index contributed by atoms with van der Waals surface area (Å²) in [7, 11) is -3.30. The molecule has 0 saturated carbocycles. The smallest absolute Gasteiger partial charge is 0.242 e. The van der Waals surface area contributed by atoms with Gasteiger partial charge in [-0.25, -0.2) is 13.4 Å². The number of amides is 1. The SMILES string of the molecule is CS(=O)(=O)c1ccc(NC(=O)C2CSCN2)cn1. The van der Waals surface area contributed by atoms with E-state index in [2.05, 4.69) is 15.6 Å². The molecule has 1 aliphatic heterocycles. The molecule has 1 saturated heterocycles. The Balaban J connectivity index is 2.04. The van der Waals surface area contributed by atoms with E-state index in [4.69, 9.17) is 0 Å². The number of aromatic nitrogens is 1. The molecule has 0 spiro atoms. The standard InChI is InChI=1S/C10H13N3O3S2/c1-18(15,16)9-3-2-7(4-11-9)13-10(14)8-5-17-6-12-8/h2-4,8,12H,5-6H2,1H3,(H,13,14). The fourth-order valence-electron chi connectivity index (χ4n) is 1.47. The van der Waals surface area contributed by atoms with Crippen LogP contribution in [0.25, 0.3) is 0 Å².